The summed E-state index contributed by atoms with van der Waals surface area (Å²) in [5, 5.41) is 28.3. The number of benzene rings is 2. The van der Waals surface area contributed by atoms with Crippen molar-refractivity contribution in [2.45, 2.75) is 20.3 Å². The van der Waals surface area contributed by atoms with E-state index in [0.29, 0.717) is 11.3 Å². The highest BCUT2D eigenvalue weighted by Gasteiger charge is 2.20. The summed E-state index contributed by atoms with van der Waals surface area (Å²) in [5.41, 5.74) is 3.19. The first-order chi connectivity index (χ1) is 15.3. The van der Waals surface area contributed by atoms with Gasteiger partial charge in [-0.25, -0.2) is 5.43 Å². The SMILES string of the molecule is CCc1ccc(-n2nc(C(=O)N/N=C/c3cccc([N+](=O)[O-])c3)c(C)c(C#N)c2=O)cc1. The highest BCUT2D eigenvalue weighted by molar-refractivity contribution is 5.94. The van der Waals surface area contributed by atoms with E-state index >= 15 is 0 Å². The molecule has 0 unspecified atom stereocenters. The van der Waals surface area contributed by atoms with Crippen molar-refractivity contribution in [1.82, 2.24) is 15.2 Å². The minimum atomic E-state index is -0.736. The van der Waals surface area contributed by atoms with Crippen LogP contribution >= 0.6 is 0 Å². The number of hydrogen-bond donors (Lipinski definition) is 1. The molecule has 2 aromatic carbocycles. The summed E-state index contributed by atoms with van der Waals surface area (Å²) >= 11 is 0. The zero-order valence-electron chi connectivity index (χ0n) is 17.3. The summed E-state index contributed by atoms with van der Waals surface area (Å²) in [6, 6.07) is 14.6. The van der Waals surface area contributed by atoms with Gasteiger partial charge in [0.2, 0.25) is 0 Å². The van der Waals surface area contributed by atoms with E-state index in [1.54, 1.807) is 18.2 Å². The van der Waals surface area contributed by atoms with Crippen LogP contribution in [-0.4, -0.2) is 26.8 Å². The van der Waals surface area contributed by atoms with E-state index in [-0.39, 0.29) is 22.5 Å². The Labute approximate surface area is 182 Å². The molecule has 0 aliphatic rings. The predicted molar refractivity (Wildman–Crippen MR) is 117 cm³/mol. The summed E-state index contributed by atoms with van der Waals surface area (Å²) in [6.07, 6.45) is 2.06. The molecule has 0 saturated heterocycles. The maximum atomic E-state index is 12.7. The summed E-state index contributed by atoms with van der Waals surface area (Å²) in [5.74, 6) is -0.736. The van der Waals surface area contributed by atoms with Crippen molar-refractivity contribution < 1.29 is 9.72 Å². The van der Waals surface area contributed by atoms with Crippen LogP contribution in [0.4, 0.5) is 5.69 Å². The molecule has 160 valence electrons. The van der Waals surface area contributed by atoms with E-state index in [2.05, 4.69) is 15.6 Å². The second-order valence-electron chi connectivity index (χ2n) is 6.75. The first kappa shape index (κ1) is 22.0. The molecule has 0 saturated carbocycles. The number of nitro benzene ring substituents is 1. The number of nitrogens with one attached hydrogen (secondary N) is 1. The van der Waals surface area contributed by atoms with Gasteiger partial charge in [-0.1, -0.05) is 31.2 Å². The van der Waals surface area contributed by atoms with E-state index in [1.165, 1.54) is 31.3 Å². The van der Waals surface area contributed by atoms with E-state index in [9.17, 15) is 25.0 Å². The lowest BCUT2D eigenvalue weighted by Crippen LogP contribution is -2.31. The minimum absolute atomic E-state index is 0.113. The Hall–Kier alpha value is -4.65. The average Bonchev–Trinajstić information content (AvgIpc) is 2.80. The standard InChI is InChI=1S/C22H18N6O4/c1-3-15-7-9-17(10-8-15)27-22(30)19(12-23)14(2)20(26-27)21(29)25-24-13-16-5-4-6-18(11-16)28(31)32/h4-11,13H,3H2,1-2H3,(H,25,29)/b24-13+. The summed E-state index contributed by atoms with van der Waals surface area (Å²) < 4.78 is 1.00. The largest absolute Gasteiger partial charge is 0.292 e. The maximum Gasteiger partial charge on any atom is 0.292 e. The van der Waals surface area contributed by atoms with Crippen molar-refractivity contribution in [3.8, 4) is 11.8 Å². The number of nitrogens with zero attached hydrogens (tertiary/aromatic N) is 5. The molecule has 1 N–H and O–H groups in total. The third-order valence-electron chi connectivity index (χ3n) is 4.71. The molecule has 0 spiro atoms. The summed E-state index contributed by atoms with van der Waals surface area (Å²) in [7, 11) is 0. The van der Waals surface area contributed by atoms with Gasteiger partial charge < -0.3 is 0 Å². The van der Waals surface area contributed by atoms with Crippen LogP contribution in [0.25, 0.3) is 5.69 Å². The van der Waals surface area contributed by atoms with Crippen molar-refractivity contribution in [3.05, 3.63) is 96.9 Å². The number of aryl methyl sites for hydroxylation is 1. The van der Waals surface area contributed by atoms with Crippen LogP contribution in [0.1, 0.15) is 39.7 Å². The first-order valence-corrected chi connectivity index (χ1v) is 9.57. The number of hydrazone groups is 1. The van der Waals surface area contributed by atoms with Gasteiger partial charge in [0, 0.05) is 23.3 Å². The number of nitro groups is 1. The molecule has 0 radical (unpaired) electrons. The normalized spacial score (nSPS) is 10.7. The molecule has 10 heteroatoms. The Morgan fingerprint density at radius 1 is 1.31 bits per heavy atom. The fraction of sp³-hybridized carbons (Fsp3) is 0.136. The summed E-state index contributed by atoms with van der Waals surface area (Å²) in [6.45, 7) is 3.45. The molecule has 10 nitrogen and oxygen atoms in total. The van der Waals surface area contributed by atoms with Crippen LogP contribution in [0.5, 0.6) is 0 Å². The Balaban J connectivity index is 1.93. The smallest absolute Gasteiger partial charge is 0.266 e. The highest BCUT2D eigenvalue weighted by Crippen LogP contribution is 2.13. The van der Waals surface area contributed by atoms with Crippen molar-refractivity contribution in [3.63, 3.8) is 0 Å². The molecule has 1 aromatic heterocycles. The van der Waals surface area contributed by atoms with Crippen molar-refractivity contribution in [2.75, 3.05) is 0 Å². The van der Waals surface area contributed by atoms with Crippen LogP contribution in [0.15, 0.2) is 58.4 Å². The summed E-state index contributed by atoms with van der Waals surface area (Å²) in [4.78, 5) is 35.7. The lowest BCUT2D eigenvalue weighted by molar-refractivity contribution is -0.384. The van der Waals surface area contributed by atoms with Crippen molar-refractivity contribution >= 4 is 17.8 Å². The quantitative estimate of drug-likeness (QED) is 0.362. The highest BCUT2D eigenvalue weighted by atomic mass is 16.6. The Bertz CT molecular complexity index is 1320. The Morgan fingerprint density at radius 2 is 2.03 bits per heavy atom. The molecular formula is C22H18N6O4. The lowest BCUT2D eigenvalue weighted by Gasteiger charge is -2.11. The number of amides is 1. The van der Waals surface area contributed by atoms with Gasteiger partial charge in [-0.2, -0.15) is 20.1 Å². The predicted octanol–water partition coefficient (Wildman–Crippen LogP) is 2.65. The second kappa shape index (κ2) is 9.44. The van der Waals surface area contributed by atoms with Crippen LogP contribution in [-0.2, 0) is 6.42 Å². The number of nitriles is 1. The Morgan fingerprint density at radius 3 is 2.66 bits per heavy atom. The molecule has 1 amide bonds. The van der Waals surface area contributed by atoms with Gasteiger partial charge in [0.1, 0.15) is 11.6 Å². The number of aromatic nitrogens is 2. The lowest BCUT2D eigenvalue weighted by atomic mass is 10.1. The fourth-order valence-electron chi connectivity index (χ4n) is 2.94. The molecule has 0 atom stereocenters. The molecule has 0 aliphatic carbocycles. The molecule has 0 aliphatic heterocycles. The van der Waals surface area contributed by atoms with Crippen molar-refractivity contribution in [2.24, 2.45) is 5.10 Å². The third kappa shape index (κ3) is 4.57. The van der Waals surface area contributed by atoms with Gasteiger partial charge in [0.05, 0.1) is 16.8 Å². The number of rotatable bonds is 6. The molecule has 3 aromatic rings. The molecule has 3 rings (SSSR count). The third-order valence-corrected chi connectivity index (χ3v) is 4.71. The van der Waals surface area contributed by atoms with Gasteiger partial charge in [-0.15, -0.1) is 0 Å². The van der Waals surface area contributed by atoms with Gasteiger partial charge in [-0.05, 0) is 31.0 Å². The van der Waals surface area contributed by atoms with Crippen LogP contribution in [0, 0.1) is 28.4 Å². The maximum absolute atomic E-state index is 12.7. The fourth-order valence-corrected chi connectivity index (χ4v) is 2.94. The van der Waals surface area contributed by atoms with Crippen LogP contribution in [0.2, 0.25) is 0 Å². The zero-order valence-corrected chi connectivity index (χ0v) is 17.3. The first-order valence-electron chi connectivity index (χ1n) is 9.57. The number of hydrogen-bond acceptors (Lipinski definition) is 7. The number of carbonyl (C=O) groups excluding carboxylic acids is 1. The number of non-ortho nitro benzene ring substituents is 1. The monoisotopic (exact) mass is 430 g/mol. The molecule has 0 fully saturated rings. The van der Waals surface area contributed by atoms with Crippen molar-refractivity contribution in [1.29, 1.82) is 5.26 Å². The second-order valence-corrected chi connectivity index (χ2v) is 6.75. The molecule has 0 bridgehead atoms. The molecule has 32 heavy (non-hydrogen) atoms. The molecule has 1 heterocycles. The van der Waals surface area contributed by atoms with E-state index < -0.39 is 16.4 Å². The van der Waals surface area contributed by atoms with Crippen LogP contribution < -0.4 is 11.0 Å². The number of carbonyl (C=O) groups is 1. The van der Waals surface area contributed by atoms with Gasteiger partial charge in [0.25, 0.3) is 17.2 Å². The van der Waals surface area contributed by atoms with Crippen LogP contribution in [0.3, 0.4) is 0 Å². The topological polar surface area (TPSA) is 143 Å². The molecular weight excluding hydrogens is 412 g/mol. The zero-order chi connectivity index (χ0) is 23.3. The van der Waals surface area contributed by atoms with E-state index in [0.717, 1.165) is 16.7 Å². The van der Waals surface area contributed by atoms with Gasteiger partial charge in [-0.3, -0.25) is 19.7 Å². The minimum Gasteiger partial charge on any atom is -0.266 e. The average molecular weight is 430 g/mol. The van der Waals surface area contributed by atoms with Gasteiger partial charge in [0.15, 0.2) is 5.69 Å². The Kier molecular flexibility index (Phi) is 6.50. The van der Waals surface area contributed by atoms with E-state index in [1.807, 2.05) is 25.1 Å². The van der Waals surface area contributed by atoms with E-state index in [4.69, 9.17) is 0 Å². The van der Waals surface area contributed by atoms with Gasteiger partial charge >= 0.3 is 0 Å².